The van der Waals surface area contributed by atoms with Crippen LogP contribution in [0.5, 0.6) is 0 Å². The Kier molecular flexibility index (Phi) is 4.80. The predicted molar refractivity (Wildman–Crippen MR) is 81.1 cm³/mol. The molecule has 0 aromatic heterocycles. The molecule has 112 valence electrons. The highest BCUT2D eigenvalue weighted by atomic mass is 35.5. The van der Waals surface area contributed by atoms with Crippen molar-refractivity contribution >= 4 is 35.1 Å². The number of methoxy groups -OCH3 is 1. The third-order valence-electron chi connectivity index (χ3n) is 3.19. The maximum atomic E-state index is 11.8. The lowest BCUT2D eigenvalue weighted by molar-refractivity contribution is 0.0601. The van der Waals surface area contributed by atoms with Crippen LogP contribution in [-0.4, -0.2) is 43.4 Å². The van der Waals surface area contributed by atoms with Gasteiger partial charge in [0.05, 0.1) is 17.7 Å². The van der Waals surface area contributed by atoms with Gasteiger partial charge in [-0.15, -0.1) is 0 Å². The summed E-state index contributed by atoms with van der Waals surface area (Å²) in [5.41, 5.74) is 0.724. The lowest BCUT2D eigenvalue weighted by atomic mass is 10.2. The van der Waals surface area contributed by atoms with Gasteiger partial charge < -0.3 is 15.0 Å². The minimum atomic E-state index is -0.523. The quantitative estimate of drug-likeness (QED) is 0.853. The number of carbonyl (C=O) groups is 2. The summed E-state index contributed by atoms with van der Waals surface area (Å²) >= 11 is 5.98. The van der Waals surface area contributed by atoms with Crippen molar-refractivity contribution < 1.29 is 14.3 Å². The van der Waals surface area contributed by atoms with E-state index in [1.165, 1.54) is 19.2 Å². The molecule has 0 radical (unpaired) electrons. The minimum Gasteiger partial charge on any atom is -0.465 e. The number of likely N-dealkylation sites (tertiary alicyclic amines) is 1. The molecule has 1 fully saturated rings. The first-order chi connectivity index (χ1) is 10.0. The maximum Gasteiger partial charge on any atom is 0.347 e. The molecule has 21 heavy (non-hydrogen) atoms. The molecule has 0 atom stereocenters. The monoisotopic (exact) mass is 309 g/mol. The Morgan fingerprint density at radius 2 is 2.19 bits per heavy atom. The predicted octanol–water partition coefficient (Wildman–Crippen LogP) is 2.78. The van der Waals surface area contributed by atoms with Gasteiger partial charge >= 0.3 is 12.0 Å². The van der Waals surface area contributed by atoms with Crippen molar-refractivity contribution in [2.24, 2.45) is 4.99 Å². The molecule has 0 unspecified atom stereocenters. The molecule has 1 aromatic carbocycles. The molecule has 1 aliphatic heterocycles. The number of esters is 1. The van der Waals surface area contributed by atoms with Crippen LogP contribution in [0.25, 0.3) is 0 Å². The average Bonchev–Trinajstić information content (AvgIpc) is 2.83. The van der Waals surface area contributed by atoms with E-state index in [-0.39, 0.29) is 10.6 Å². The number of amides is 2. The van der Waals surface area contributed by atoms with Crippen molar-refractivity contribution in [1.29, 1.82) is 0 Å². The zero-order valence-electron chi connectivity index (χ0n) is 11.9. The first kappa shape index (κ1) is 15.3. The molecule has 1 N–H and O–H groups in total. The minimum absolute atomic E-state index is 0.213. The molecule has 6 nitrogen and oxygen atoms in total. The second kappa shape index (κ2) is 6.58. The highest BCUT2D eigenvalue weighted by Gasteiger charge is 2.16. The third kappa shape index (κ3) is 3.72. The Hall–Kier alpha value is -2.08. The van der Waals surface area contributed by atoms with Gasteiger partial charge in [-0.3, -0.25) is 0 Å². The van der Waals surface area contributed by atoms with Gasteiger partial charge in [0, 0.05) is 25.7 Å². The van der Waals surface area contributed by atoms with Crippen molar-refractivity contribution in [3.8, 4) is 0 Å². The SMILES string of the molecule is COC(=O)c1ccc(NC(=O)/N=C2/CCCN2C)cc1Cl. The standard InChI is InChI=1S/C14H16ClN3O3/c1-18-7-3-4-12(18)17-14(20)16-9-5-6-10(11(15)8-9)13(19)21-2/h5-6,8H,3-4,7H2,1-2H3,(H,16,20)/b17-12-. The van der Waals surface area contributed by atoms with Crippen molar-refractivity contribution in [2.75, 3.05) is 26.0 Å². The summed E-state index contributed by atoms with van der Waals surface area (Å²) in [4.78, 5) is 29.2. The van der Waals surface area contributed by atoms with Crippen LogP contribution >= 0.6 is 11.6 Å². The number of nitrogens with zero attached hydrogens (tertiary/aromatic N) is 2. The fourth-order valence-electron chi connectivity index (χ4n) is 2.07. The first-order valence-electron chi connectivity index (χ1n) is 6.49. The summed E-state index contributed by atoms with van der Waals surface area (Å²) < 4.78 is 4.60. The summed E-state index contributed by atoms with van der Waals surface area (Å²) in [6.07, 6.45) is 1.80. The van der Waals surface area contributed by atoms with Crippen LogP contribution in [0.4, 0.5) is 10.5 Å². The van der Waals surface area contributed by atoms with Gasteiger partial charge in [-0.25, -0.2) is 9.59 Å². The smallest absolute Gasteiger partial charge is 0.347 e. The highest BCUT2D eigenvalue weighted by Crippen LogP contribution is 2.22. The van der Waals surface area contributed by atoms with E-state index >= 15 is 0 Å². The van der Waals surface area contributed by atoms with Gasteiger partial charge in [-0.05, 0) is 24.6 Å². The molecule has 1 saturated heterocycles. The number of carbonyl (C=O) groups excluding carboxylic acids is 2. The van der Waals surface area contributed by atoms with E-state index in [0.717, 1.165) is 25.2 Å². The Balaban J connectivity index is 2.08. The summed E-state index contributed by atoms with van der Waals surface area (Å²) in [6.45, 7) is 0.908. The maximum absolute atomic E-state index is 11.8. The van der Waals surface area contributed by atoms with Crippen LogP contribution in [0.15, 0.2) is 23.2 Å². The highest BCUT2D eigenvalue weighted by molar-refractivity contribution is 6.34. The molecular formula is C14H16ClN3O3. The molecular weight excluding hydrogens is 294 g/mol. The molecule has 1 heterocycles. The largest absolute Gasteiger partial charge is 0.465 e. The fraction of sp³-hybridized carbons (Fsp3) is 0.357. The third-order valence-corrected chi connectivity index (χ3v) is 3.50. The molecule has 1 aliphatic rings. The number of amidine groups is 1. The summed E-state index contributed by atoms with van der Waals surface area (Å²) in [5, 5.41) is 2.84. The number of hydrogen-bond acceptors (Lipinski definition) is 3. The lowest BCUT2D eigenvalue weighted by Crippen LogP contribution is -2.21. The zero-order chi connectivity index (χ0) is 15.4. The lowest BCUT2D eigenvalue weighted by Gasteiger charge is -2.11. The van der Waals surface area contributed by atoms with Gasteiger partial charge in [0.25, 0.3) is 0 Å². The average molecular weight is 310 g/mol. The van der Waals surface area contributed by atoms with Crippen molar-refractivity contribution in [2.45, 2.75) is 12.8 Å². The van der Waals surface area contributed by atoms with E-state index in [2.05, 4.69) is 15.0 Å². The fourth-order valence-corrected chi connectivity index (χ4v) is 2.33. The topological polar surface area (TPSA) is 71.0 Å². The summed E-state index contributed by atoms with van der Waals surface area (Å²) in [7, 11) is 3.18. The van der Waals surface area contributed by atoms with Crippen LogP contribution < -0.4 is 5.32 Å². The Bertz CT molecular complexity index is 601. The Labute approximate surface area is 127 Å². The van der Waals surface area contributed by atoms with Gasteiger partial charge in [0.2, 0.25) is 0 Å². The van der Waals surface area contributed by atoms with Crippen molar-refractivity contribution in [3.63, 3.8) is 0 Å². The number of halogens is 1. The van der Waals surface area contributed by atoms with E-state index in [1.54, 1.807) is 6.07 Å². The molecule has 7 heteroatoms. The molecule has 0 aliphatic carbocycles. The number of nitrogens with one attached hydrogen (secondary N) is 1. The van der Waals surface area contributed by atoms with Crippen molar-refractivity contribution in [3.05, 3.63) is 28.8 Å². The van der Waals surface area contributed by atoms with Crippen LogP contribution in [0.3, 0.4) is 0 Å². The van der Waals surface area contributed by atoms with Crippen LogP contribution in [0.2, 0.25) is 5.02 Å². The number of rotatable bonds is 2. The number of aliphatic imine (C=N–C) groups is 1. The van der Waals surface area contributed by atoms with Crippen molar-refractivity contribution in [1.82, 2.24) is 4.90 Å². The van der Waals surface area contributed by atoms with Crippen LogP contribution in [0.1, 0.15) is 23.2 Å². The second-order valence-electron chi connectivity index (χ2n) is 4.67. The van der Waals surface area contributed by atoms with Crippen LogP contribution in [-0.2, 0) is 4.74 Å². The van der Waals surface area contributed by atoms with E-state index in [4.69, 9.17) is 11.6 Å². The van der Waals surface area contributed by atoms with Gasteiger partial charge in [0.1, 0.15) is 5.84 Å². The number of urea groups is 1. The molecule has 0 saturated carbocycles. The number of anilines is 1. The zero-order valence-corrected chi connectivity index (χ0v) is 12.6. The van der Waals surface area contributed by atoms with E-state index in [9.17, 15) is 9.59 Å². The van der Waals surface area contributed by atoms with Gasteiger partial charge in [-0.2, -0.15) is 4.99 Å². The number of hydrogen-bond donors (Lipinski definition) is 1. The molecule has 0 spiro atoms. The second-order valence-corrected chi connectivity index (χ2v) is 5.08. The van der Waals surface area contributed by atoms with E-state index < -0.39 is 12.0 Å². The normalized spacial score (nSPS) is 16.1. The Morgan fingerprint density at radius 1 is 1.43 bits per heavy atom. The molecule has 0 bridgehead atoms. The number of benzene rings is 1. The summed E-state index contributed by atoms with van der Waals surface area (Å²) in [5.74, 6) is 0.246. The number of ether oxygens (including phenoxy) is 1. The van der Waals surface area contributed by atoms with Crippen LogP contribution in [0, 0.1) is 0 Å². The Morgan fingerprint density at radius 3 is 2.76 bits per heavy atom. The molecule has 2 amide bonds. The molecule has 2 rings (SSSR count). The summed E-state index contributed by atoms with van der Waals surface area (Å²) in [6, 6.07) is 4.11. The van der Waals surface area contributed by atoms with E-state index in [1.807, 2.05) is 11.9 Å². The first-order valence-corrected chi connectivity index (χ1v) is 6.86. The van der Waals surface area contributed by atoms with E-state index in [0.29, 0.717) is 5.69 Å². The molecule has 1 aromatic rings. The van der Waals surface area contributed by atoms with Gasteiger partial charge in [-0.1, -0.05) is 11.6 Å². The van der Waals surface area contributed by atoms with Gasteiger partial charge in [0.15, 0.2) is 0 Å².